The lowest BCUT2D eigenvalue weighted by atomic mass is 10.0. The van der Waals surface area contributed by atoms with Gasteiger partial charge in [0.05, 0.1) is 12.9 Å². The summed E-state index contributed by atoms with van der Waals surface area (Å²) in [5, 5.41) is 0. The van der Waals surface area contributed by atoms with E-state index in [1.165, 1.54) is 12.0 Å². The summed E-state index contributed by atoms with van der Waals surface area (Å²) in [5.41, 5.74) is 1.24. The van der Waals surface area contributed by atoms with Crippen LogP contribution in [0.15, 0.2) is 36.6 Å². The van der Waals surface area contributed by atoms with E-state index in [9.17, 15) is 0 Å². The zero-order valence-corrected chi connectivity index (χ0v) is 9.62. The van der Waals surface area contributed by atoms with Gasteiger partial charge < -0.3 is 4.74 Å². The fourth-order valence-electron chi connectivity index (χ4n) is 0.998. The Morgan fingerprint density at radius 2 is 2.14 bits per heavy atom. The second-order valence-corrected chi connectivity index (χ2v) is 3.58. The normalized spacial score (nSPS) is 12.4. The quantitative estimate of drug-likeness (QED) is 0.337. The third kappa shape index (κ3) is 6.53. The molecule has 0 N–H and O–H groups in total. The average molecular weight is 194 g/mol. The summed E-state index contributed by atoms with van der Waals surface area (Å²) in [6.07, 6.45) is 9.92. The SMILES string of the molecule is C=C/C(=C\C=C\OCCCC)C(C)C. The summed E-state index contributed by atoms with van der Waals surface area (Å²) in [7, 11) is 0. The Labute approximate surface area is 88.2 Å². The molecule has 0 unspecified atom stereocenters. The van der Waals surface area contributed by atoms with Crippen molar-refractivity contribution >= 4 is 0 Å². The lowest BCUT2D eigenvalue weighted by Crippen LogP contribution is -1.89. The number of rotatable bonds is 7. The molecule has 0 aromatic heterocycles. The topological polar surface area (TPSA) is 9.23 Å². The standard InChI is InChI=1S/C13H22O/c1-5-7-10-14-11-8-9-13(6-2)12(3)4/h6,8-9,11-12H,2,5,7,10H2,1,3-4H3/b11-8+,13-9+. The van der Waals surface area contributed by atoms with E-state index in [0.717, 1.165) is 13.0 Å². The van der Waals surface area contributed by atoms with E-state index in [1.807, 2.05) is 18.2 Å². The lowest BCUT2D eigenvalue weighted by molar-refractivity contribution is 0.244. The van der Waals surface area contributed by atoms with E-state index >= 15 is 0 Å². The van der Waals surface area contributed by atoms with Crippen molar-refractivity contribution < 1.29 is 4.74 Å². The molecule has 0 atom stereocenters. The van der Waals surface area contributed by atoms with E-state index in [0.29, 0.717) is 5.92 Å². The van der Waals surface area contributed by atoms with E-state index in [4.69, 9.17) is 4.74 Å². The van der Waals surface area contributed by atoms with Crippen molar-refractivity contribution in [3.05, 3.63) is 36.6 Å². The van der Waals surface area contributed by atoms with Crippen LogP contribution in [0.25, 0.3) is 0 Å². The van der Waals surface area contributed by atoms with Gasteiger partial charge in [-0.1, -0.05) is 45.9 Å². The second kappa shape index (κ2) is 8.61. The van der Waals surface area contributed by atoms with Gasteiger partial charge in [-0.25, -0.2) is 0 Å². The first kappa shape index (κ1) is 13.0. The number of ether oxygens (including phenoxy) is 1. The van der Waals surface area contributed by atoms with Gasteiger partial charge in [0.1, 0.15) is 0 Å². The molecule has 1 nitrogen and oxygen atoms in total. The van der Waals surface area contributed by atoms with Gasteiger partial charge in [0.2, 0.25) is 0 Å². The van der Waals surface area contributed by atoms with Crippen molar-refractivity contribution in [2.45, 2.75) is 33.6 Å². The van der Waals surface area contributed by atoms with Crippen LogP contribution < -0.4 is 0 Å². The van der Waals surface area contributed by atoms with Gasteiger partial charge in [0.25, 0.3) is 0 Å². The summed E-state index contributed by atoms with van der Waals surface area (Å²) < 4.78 is 5.29. The number of allylic oxidation sites excluding steroid dienone is 4. The Kier molecular flexibility index (Phi) is 8.01. The minimum atomic E-state index is 0.521. The molecule has 0 heterocycles. The molecule has 0 fully saturated rings. The Morgan fingerprint density at radius 1 is 1.43 bits per heavy atom. The van der Waals surface area contributed by atoms with Crippen molar-refractivity contribution in [1.82, 2.24) is 0 Å². The minimum absolute atomic E-state index is 0.521. The molecule has 0 aliphatic rings. The molecule has 0 rings (SSSR count). The minimum Gasteiger partial charge on any atom is -0.501 e. The summed E-state index contributed by atoms with van der Waals surface area (Å²) >= 11 is 0. The zero-order valence-electron chi connectivity index (χ0n) is 9.62. The Morgan fingerprint density at radius 3 is 2.64 bits per heavy atom. The van der Waals surface area contributed by atoms with E-state index < -0.39 is 0 Å². The van der Waals surface area contributed by atoms with E-state index in [1.54, 1.807) is 6.26 Å². The maximum Gasteiger partial charge on any atom is 0.0873 e. The Balaban J connectivity index is 3.81. The van der Waals surface area contributed by atoms with Crippen LogP contribution >= 0.6 is 0 Å². The van der Waals surface area contributed by atoms with Crippen LogP contribution in [0.5, 0.6) is 0 Å². The average Bonchev–Trinajstić information content (AvgIpc) is 2.16. The van der Waals surface area contributed by atoms with Gasteiger partial charge in [0, 0.05) is 0 Å². The highest BCUT2D eigenvalue weighted by Gasteiger charge is 1.94. The van der Waals surface area contributed by atoms with Crippen LogP contribution in [0, 0.1) is 5.92 Å². The molecule has 1 heteroatoms. The molecule has 80 valence electrons. The van der Waals surface area contributed by atoms with Crippen LogP contribution in [-0.4, -0.2) is 6.61 Å². The highest BCUT2D eigenvalue weighted by atomic mass is 16.5. The van der Waals surface area contributed by atoms with Gasteiger partial charge in [-0.05, 0) is 24.0 Å². The van der Waals surface area contributed by atoms with Crippen LogP contribution in [0.2, 0.25) is 0 Å². The monoisotopic (exact) mass is 194 g/mol. The third-order valence-corrected chi connectivity index (χ3v) is 1.98. The van der Waals surface area contributed by atoms with E-state index in [2.05, 4.69) is 27.4 Å². The van der Waals surface area contributed by atoms with Crippen molar-refractivity contribution in [1.29, 1.82) is 0 Å². The number of hydrogen-bond acceptors (Lipinski definition) is 1. The molecule has 0 aliphatic carbocycles. The van der Waals surface area contributed by atoms with Gasteiger partial charge in [-0.2, -0.15) is 0 Å². The van der Waals surface area contributed by atoms with Crippen molar-refractivity contribution in [2.24, 2.45) is 5.92 Å². The predicted octanol–water partition coefficient (Wildman–Crippen LogP) is 4.09. The second-order valence-electron chi connectivity index (χ2n) is 3.58. The molecule has 0 radical (unpaired) electrons. The van der Waals surface area contributed by atoms with Gasteiger partial charge >= 0.3 is 0 Å². The number of unbranched alkanes of at least 4 members (excludes halogenated alkanes) is 1. The molecular weight excluding hydrogens is 172 g/mol. The maximum absolute atomic E-state index is 5.29. The van der Waals surface area contributed by atoms with Gasteiger partial charge in [0.15, 0.2) is 0 Å². The predicted molar refractivity (Wildman–Crippen MR) is 63.1 cm³/mol. The molecule has 0 saturated carbocycles. The molecule has 0 aromatic carbocycles. The lowest BCUT2D eigenvalue weighted by Gasteiger charge is -2.03. The summed E-state index contributed by atoms with van der Waals surface area (Å²) in [4.78, 5) is 0. The summed E-state index contributed by atoms with van der Waals surface area (Å²) in [6.45, 7) is 11.0. The van der Waals surface area contributed by atoms with Crippen LogP contribution in [0.1, 0.15) is 33.6 Å². The zero-order chi connectivity index (χ0) is 10.8. The third-order valence-electron chi connectivity index (χ3n) is 1.98. The van der Waals surface area contributed by atoms with Crippen LogP contribution in [-0.2, 0) is 4.74 Å². The molecule has 0 bridgehead atoms. The van der Waals surface area contributed by atoms with Crippen LogP contribution in [0.4, 0.5) is 0 Å². The molecule has 0 spiro atoms. The van der Waals surface area contributed by atoms with E-state index in [-0.39, 0.29) is 0 Å². The largest absolute Gasteiger partial charge is 0.501 e. The molecule has 0 aromatic rings. The fraction of sp³-hybridized carbons (Fsp3) is 0.538. The highest BCUT2D eigenvalue weighted by molar-refractivity contribution is 5.23. The molecule has 0 amide bonds. The maximum atomic E-state index is 5.29. The first-order chi connectivity index (χ1) is 6.72. The van der Waals surface area contributed by atoms with Gasteiger partial charge in [-0.3, -0.25) is 0 Å². The summed E-state index contributed by atoms with van der Waals surface area (Å²) in [6, 6.07) is 0. The molecule has 0 saturated heterocycles. The van der Waals surface area contributed by atoms with Crippen molar-refractivity contribution in [3.63, 3.8) is 0 Å². The molecule has 14 heavy (non-hydrogen) atoms. The van der Waals surface area contributed by atoms with Crippen LogP contribution in [0.3, 0.4) is 0 Å². The highest BCUT2D eigenvalue weighted by Crippen LogP contribution is 2.09. The van der Waals surface area contributed by atoms with Gasteiger partial charge in [-0.15, -0.1) is 0 Å². The smallest absolute Gasteiger partial charge is 0.0873 e. The van der Waals surface area contributed by atoms with Crippen molar-refractivity contribution in [2.75, 3.05) is 6.61 Å². The Bertz CT molecular complexity index is 199. The fourth-order valence-corrected chi connectivity index (χ4v) is 0.998. The summed E-state index contributed by atoms with van der Waals surface area (Å²) in [5.74, 6) is 0.521. The molecular formula is C13H22O. The number of hydrogen-bond donors (Lipinski definition) is 0. The first-order valence-electron chi connectivity index (χ1n) is 5.33. The first-order valence-corrected chi connectivity index (χ1v) is 5.33. The molecule has 0 aliphatic heterocycles. The Hall–Kier alpha value is -0.980. The van der Waals surface area contributed by atoms with Crippen molar-refractivity contribution in [3.8, 4) is 0 Å².